The van der Waals surface area contributed by atoms with Crippen LogP contribution in [0.2, 0.25) is 10.0 Å². The van der Waals surface area contributed by atoms with Crippen molar-refractivity contribution in [3.63, 3.8) is 0 Å². The first kappa shape index (κ1) is 18.8. The lowest BCUT2D eigenvalue weighted by Gasteiger charge is -2.07. The van der Waals surface area contributed by atoms with Gasteiger partial charge >= 0.3 is 0 Å². The number of rotatable bonds is 7. The van der Waals surface area contributed by atoms with Gasteiger partial charge < -0.3 is 0 Å². The van der Waals surface area contributed by atoms with E-state index < -0.39 is 9.84 Å². The molecule has 0 fully saturated rings. The molecule has 6 nitrogen and oxygen atoms in total. The molecule has 136 valence electrons. The molecule has 0 atom stereocenters. The molecule has 1 heterocycles. The second-order valence-corrected chi connectivity index (χ2v) is 8.80. The molecule has 0 aliphatic rings. The lowest BCUT2D eigenvalue weighted by molar-refractivity contribution is 0.591. The smallest absolute Gasteiger partial charge is 0.156 e. The lowest BCUT2D eigenvalue weighted by Crippen LogP contribution is -2.12. The molecule has 0 amide bonds. The zero-order valence-corrected chi connectivity index (χ0v) is 16.0. The van der Waals surface area contributed by atoms with E-state index in [9.17, 15) is 8.42 Å². The fraction of sp³-hybridized carbons (Fsp3) is 0.235. The molecule has 3 rings (SSSR count). The number of sulfone groups is 1. The van der Waals surface area contributed by atoms with Crippen molar-refractivity contribution in [1.82, 2.24) is 20.2 Å². The molecule has 0 unspecified atom stereocenters. The third kappa shape index (κ3) is 4.81. The molecule has 0 N–H and O–H groups in total. The van der Waals surface area contributed by atoms with Gasteiger partial charge in [0.1, 0.15) is 0 Å². The first-order valence-electron chi connectivity index (χ1n) is 7.92. The fourth-order valence-corrected chi connectivity index (χ4v) is 4.54. The molecule has 0 radical (unpaired) electrons. The Labute approximate surface area is 161 Å². The van der Waals surface area contributed by atoms with E-state index in [-0.39, 0.29) is 11.5 Å². The Hall–Kier alpha value is -1.96. The van der Waals surface area contributed by atoms with Crippen molar-refractivity contribution in [3.05, 3.63) is 70.0 Å². The van der Waals surface area contributed by atoms with Crippen molar-refractivity contribution in [2.45, 2.75) is 18.6 Å². The van der Waals surface area contributed by atoms with Gasteiger partial charge in [0.15, 0.2) is 15.7 Å². The van der Waals surface area contributed by atoms with E-state index in [1.807, 2.05) is 30.3 Å². The summed E-state index contributed by atoms with van der Waals surface area (Å²) >= 11 is 11.9. The number of halogens is 2. The molecule has 0 bridgehead atoms. The molecule has 0 saturated heterocycles. The maximum atomic E-state index is 12.4. The summed E-state index contributed by atoms with van der Waals surface area (Å²) in [7, 11) is -3.31. The summed E-state index contributed by atoms with van der Waals surface area (Å²) < 4.78 is 26.4. The SMILES string of the molecule is O=S(=O)(CCCc1nnnn1-c1ccccc1)Cc1ccc(Cl)cc1Cl. The summed E-state index contributed by atoms with van der Waals surface area (Å²) in [4.78, 5) is 0. The normalized spacial score (nSPS) is 11.6. The molecule has 1 aromatic heterocycles. The van der Waals surface area contributed by atoms with Gasteiger partial charge in [0.25, 0.3) is 0 Å². The molecule has 2 aromatic carbocycles. The average molecular weight is 411 g/mol. The van der Waals surface area contributed by atoms with Crippen molar-refractivity contribution in [2.24, 2.45) is 0 Å². The number of hydrogen-bond donors (Lipinski definition) is 0. The number of tetrazole rings is 1. The van der Waals surface area contributed by atoms with Crippen LogP contribution in [-0.4, -0.2) is 34.4 Å². The van der Waals surface area contributed by atoms with Crippen molar-refractivity contribution >= 4 is 33.0 Å². The van der Waals surface area contributed by atoms with Crippen LogP contribution in [0.3, 0.4) is 0 Å². The second-order valence-electron chi connectivity index (χ2n) is 5.77. The molecule has 0 aliphatic carbocycles. The second kappa shape index (κ2) is 8.16. The topological polar surface area (TPSA) is 77.7 Å². The van der Waals surface area contributed by atoms with E-state index in [2.05, 4.69) is 15.5 Å². The van der Waals surface area contributed by atoms with Crippen LogP contribution in [0.5, 0.6) is 0 Å². The van der Waals surface area contributed by atoms with Gasteiger partial charge in [-0.2, -0.15) is 4.68 Å². The number of para-hydroxylation sites is 1. The monoisotopic (exact) mass is 410 g/mol. The van der Waals surface area contributed by atoms with Crippen LogP contribution in [0.1, 0.15) is 17.8 Å². The Kier molecular flexibility index (Phi) is 5.90. The van der Waals surface area contributed by atoms with Crippen molar-refractivity contribution in [2.75, 3.05) is 5.75 Å². The summed E-state index contributed by atoms with van der Waals surface area (Å²) in [6.45, 7) is 0. The molecule has 9 heteroatoms. The van der Waals surface area contributed by atoms with Crippen LogP contribution < -0.4 is 0 Å². The van der Waals surface area contributed by atoms with Gasteiger partial charge in [0.2, 0.25) is 0 Å². The van der Waals surface area contributed by atoms with E-state index in [1.165, 1.54) is 0 Å². The van der Waals surface area contributed by atoms with E-state index >= 15 is 0 Å². The van der Waals surface area contributed by atoms with Crippen molar-refractivity contribution < 1.29 is 8.42 Å². The van der Waals surface area contributed by atoms with Gasteiger partial charge in [-0.05, 0) is 46.7 Å². The van der Waals surface area contributed by atoms with E-state index in [4.69, 9.17) is 23.2 Å². The highest BCUT2D eigenvalue weighted by Crippen LogP contribution is 2.23. The predicted octanol–water partition coefficient (Wildman–Crippen LogP) is 3.52. The Bertz CT molecular complexity index is 991. The first-order chi connectivity index (χ1) is 12.4. The minimum Gasteiger partial charge on any atom is -0.228 e. The predicted molar refractivity (Wildman–Crippen MR) is 101 cm³/mol. The first-order valence-corrected chi connectivity index (χ1v) is 10.5. The summed E-state index contributed by atoms with van der Waals surface area (Å²) in [5.74, 6) is 0.524. The summed E-state index contributed by atoms with van der Waals surface area (Å²) in [5, 5.41) is 12.5. The van der Waals surface area contributed by atoms with Gasteiger partial charge in [0, 0.05) is 16.5 Å². The summed E-state index contributed by atoms with van der Waals surface area (Å²) in [5.41, 5.74) is 1.38. The Morgan fingerprint density at radius 1 is 1.04 bits per heavy atom. The molecular formula is C17H16Cl2N4O2S. The van der Waals surface area contributed by atoms with Crippen LogP contribution in [-0.2, 0) is 22.0 Å². The van der Waals surface area contributed by atoms with Gasteiger partial charge in [-0.25, -0.2) is 8.42 Å². The van der Waals surface area contributed by atoms with Gasteiger partial charge in [-0.15, -0.1) is 5.10 Å². The number of nitrogens with zero attached hydrogens (tertiary/aromatic N) is 4. The quantitative estimate of drug-likeness (QED) is 0.595. The maximum absolute atomic E-state index is 12.4. The Balaban J connectivity index is 1.62. The van der Waals surface area contributed by atoms with Gasteiger partial charge in [0.05, 0.1) is 17.2 Å². The van der Waals surface area contributed by atoms with Crippen molar-refractivity contribution in [3.8, 4) is 5.69 Å². The molecule has 0 aliphatic heterocycles. The minimum atomic E-state index is -3.31. The number of hydrogen-bond acceptors (Lipinski definition) is 5. The zero-order chi connectivity index (χ0) is 18.6. The Morgan fingerprint density at radius 3 is 2.54 bits per heavy atom. The zero-order valence-electron chi connectivity index (χ0n) is 13.7. The van der Waals surface area contributed by atoms with Crippen LogP contribution in [0.25, 0.3) is 5.69 Å². The fourth-order valence-electron chi connectivity index (χ4n) is 2.53. The van der Waals surface area contributed by atoms with Crippen molar-refractivity contribution in [1.29, 1.82) is 0 Å². The Morgan fingerprint density at radius 2 is 1.81 bits per heavy atom. The van der Waals surface area contributed by atoms with Crippen LogP contribution >= 0.6 is 23.2 Å². The molecule has 3 aromatic rings. The molecule has 0 spiro atoms. The highest BCUT2D eigenvalue weighted by atomic mass is 35.5. The third-order valence-electron chi connectivity index (χ3n) is 3.78. The maximum Gasteiger partial charge on any atom is 0.156 e. The van der Waals surface area contributed by atoms with Gasteiger partial charge in [-0.3, -0.25) is 0 Å². The minimum absolute atomic E-state index is 0.0214. The van der Waals surface area contributed by atoms with Gasteiger partial charge in [-0.1, -0.05) is 47.5 Å². The largest absolute Gasteiger partial charge is 0.228 e. The summed E-state index contributed by atoms with van der Waals surface area (Å²) in [6.07, 6.45) is 0.871. The average Bonchev–Trinajstić information content (AvgIpc) is 3.06. The molecule has 26 heavy (non-hydrogen) atoms. The van der Waals surface area contributed by atoms with Crippen LogP contribution in [0.4, 0.5) is 0 Å². The van der Waals surface area contributed by atoms with E-state index in [1.54, 1.807) is 22.9 Å². The number of benzene rings is 2. The number of aromatic nitrogens is 4. The third-order valence-corrected chi connectivity index (χ3v) is 6.03. The number of aryl methyl sites for hydroxylation is 1. The lowest BCUT2D eigenvalue weighted by atomic mass is 10.2. The summed E-state index contributed by atoms with van der Waals surface area (Å²) in [6, 6.07) is 14.3. The van der Waals surface area contributed by atoms with E-state index in [0.717, 1.165) is 5.69 Å². The standard InChI is InChI=1S/C17H16Cl2N4O2S/c18-14-9-8-13(16(19)11-14)12-26(24,25)10-4-7-17-20-21-22-23(17)15-5-2-1-3-6-15/h1-3,5-6,8-9,11H,4,7,10,12H2. The highest BCUT2D eigenvalue weighted by molar-refractivity contribution is 7.90. The van der Waals surface area contributed by atoms with Crippen LogP contribution in [0.15, 0.2) is 48.5 Å². The van der Waals surface area contributed by atoms with Crippen LogP contribution in [0, 0.1) is 0 Å². The molecular weight excluding hydrogens is 395 g/mol. The van der Waals surface area contributed by atoms with E-state index in [0.29, 0.717) is 34.3 Å². The molecule has 0 saturated carbocycles. The highest BCUT2D eigenvalue weighted by Gasteiger charge is 2.16.